The molecule has 4 aromatic rings. The quantitative estimate of drug-likeness (QED) is 0.173. The van der Waals surface area contributed by atoms with Crippen molar-refractivity contribution in [2.75, 3.05) is 0 Å². The molecule has 4 N–H and O–H groups in total. The van der Waals surface area contributed by atoms with Gasteiger partial charge in [-0.1, -0.05) is 73.5 Å². The van der Waals surface area contributed by atoms with Gasteiger partial charge in [-0.3, -0.25) is 10.1 Å². The molecular formula is C33H34N2O5. The van der Waals surface area contributed by atoms with E-state index < -0.39 is 23.8 Å². The van der Waals surface area contributed by atoms with Crippen LogP contribution >= 0.6 is 0 Å². The van der Waals surface area contributed by atoms with E-state index in [-0.39, 0.29) is 0 Å². The van der Waals surface area contributed by atoms with Gasteiger partial charge in [0.2, 0.25) is 0 Å². The maximum absolute atomic E-state index is 11.8. The van der Waals surface area contributed by atoms with Crippen LogP contribution in [0.2, 0.25) is 0 Å². The summed E-state index contributed by atoms with van der Waals surface area (Å²) in [6.07, 6.45) is 6.68. The summed E-state index contributed by atoms with van der Waals surface area (Å²) in [6, 6.07) is 28.2. The highest BCUT2D eigenvalue weighted by Crippen LogP contribution is 2.32. The van der Waals surface area contributed by atoms with E-state index >= 15 is 0 Å². The molecule has 0 bridgehead atoms. The van der Waals surface area contributed by atoms with Crippen molar-refractivity contribution in [3.8, 4) is 11.5 Å². The fraction of sp³-hybridized carbons (Fsp3) is 0.242. The van der Waals surface area contributed by atoms with Crippen molar-refractivity contribution in [3.05, 3.63) is 126 Å². The molecule has 1 heterocycles. The van der Waals surface area contributed by atoms with Crippen molar-refractivity contribution in [1.29, 1.82) is 0 Å². The summed E-state index contributed by atoms with van der Waals surface area (Å²) in [5.41, 5.74) is 1.96. The number of carbonyl (C=O) groups is 1. The minimum atomic E-state index is -1.08. The highest BCUT2D eigenvalue weighted by atomic mass is 16.5. The molecule has 1 aliphatic rings. The third-order valence-electron chi connectivity index (χ3n) is 7.44. The molecule has 0 radical (unpaired) electrons. The van der Waals surface area contributed by atoms with Gasteiger partial charge >= 0.3 is 5.97 Å². The maximum atomic E-state index is 11.8. The number of hydrogen-bond acceptors (Lipinski definition) is 5. The average Bonchev–Trinajstić information content (AvgIpc) is 3.65. The number of ether oxygens (including phenoxy) is 1. The Morgan fingerprint density at radius 2 is 1.62 bits per heavy atom. The Morgan fingerprint density at radius 3 is 2.35 bits per heavy atom. The number of para-hydroxylation sites is 1. The number of rotatable bonds is 11. The lowest BCUT2D eigenvalue weighted by Crippen LogP contribution is -2.51. The second kappa shape index (κ2) is 12.3. The third kappa shape index (κ3) is 6.34. The van der Waals surface area contributed by atoms with Gasteiger partial charge < -0.3 is 24.6 Å². The summed E-state index contributed by atoms with van der Waals surface area (Å²) in [7, 11) is 0. The Morgan fingerprint density at radius 1 is 0.900 bits per heavy atom. The van der Waals surface area contributed by atoms with Crippen molar-refractivity contribution in [2.45, 2.75) is 50.1 Å². The minimum Gasteiger partial charge on any atom is -0.480 e. The Kier molecular flexibility index (Phi) is 8.45. The molecule has 40 heavy (non-hydrogen) atoms. The first-order chi connectivity index (χ1) is 19.4. The summed E-state index contributed by atoms with van der Waals surface area (Å²) in [5.74, 6) is 0.538. The second-order valence-electron chi connectivity index (χ2n) is 10.2. The molecule has 0 saturated heterocycles. The summed E-state index contributed by atoms with van der Waals surface area (Å²) in [5, 5.41) is 34.5. The van der Waals surface area contributed by atoms with Gasteiger partial charge in [0.1, 0.15) is 29.4 Å². The smallest absolute Gasteiger partial charge is 0.323 e. The normalized spacial score (nSPS) is 16.1. The highest BCUT2D eigenvalue weighted by molar-refractivity contribution is 5.79. The molecule has 1 saturated carbocycles. The molecule has 0 amide bonds. The van der Waals surface area contributed by atoms with E-state index in [4.69, 9.17) is 4.74 Å². The van der Waals surface area contributed by atoms with Crippen LogP contribution in [-0.4, -0.2) is 31.4 Å². The Hall–Kier alpha value is -4.17. The fourth-order valence-corrected chi connectivity index (χ4v) is 5.23. The number of hydrogen-bond donors (Lipinski definition) is 4. The molecule has 3 aromatic carbocycles. The Labute approximate surface area is 234 Å². The van der Waals surface area contributed by atoms with E-state index in [1.807, 2.05) is 108 Å². The number of aliphatic hydroxyl groups is 2. The van der Waals surface area contributed by atoms with Gasteiger partial charge in [-0.25, -0.2) is 0 Å². The first kappa shape index (κ1) is 27.4. The number of aromatic nitrogens is 1. The minimum absolute atomic E-state index is 0.510. The van der Waals surface area contributed by atoms with Crippen LogP contribution in [-0.2, 0) is 11.3 Å². The number of nitrogens with zero attached hydrogens (tertiary/aromatic N) is 1. The van der Waals surface area contributed by atoms with E-state index in [2.05, 4.69) is 5.32 Å². The van der Waals surface area contributed by atoms with Gasteiger partial charge in [0.15, 0.2) is 0 Å². The average molecular weight is 539 g/mol. The molecule has 5 rings (SSSR count). The van der Waals surface area contributed by atoms with Gasteiger partial charge in [0, 0.05) is 12.7 Å². The molecular weight excluding hydrogens is 504 g/mol. The molecule has 2 unspecified atom stereocenters. The van der Waals surface area contributed by atoms with Crippen LogP contribution in [0.15, 0.2) is 103 Å². The van der Waals surface area contributed by atoms with E-state index in [0.717, 1.165) is 35.4 Å². The summed E-state index contributed by atoms with van der Waals surface area (Å²) in [6.45, 7) is 0.543. The van der Waals surface area contributed by atoms with E-state index in [1.165, 1.54) is 0 Å². The number of aliphatic carboxylic acids is 1. The first-order valence-corrected chi connectivity index (χ1v) is 13.6. The number of carboxylic acid groups (broad SMARTS) is 1. The number of aliphatic hydroxyl groups excluding tert-OH is 2. The van der Waals surface area contributed by atoms with Crippen LogP contribution in [0.1, 0.15) is 60.4 Å². The maximum Gasteiger partial charge on any atom is 0.323 e. The van der Waals surface area contributed by atoms with Crippen LogP contribution in [0.3, 0.4) is 0 Å². The fourth-order valence-electron chi connectivity index (χ4n) is 5.23. The molecule has 1 fully saturated rings. The van der Waals surface area contributed by atoms with E-state index in [1.54, 1.807) is 6.07 Å². The summed E-state index contributed by atoms with van der Waals surface area (Å²) >= 11 is 0. The van der Waals surface area contributed by atoms with Crippen LogP contribution < -0.4 is 10.1 Å². The van der Waals surface area contributed by atoms with Crippen molar-refractivity contribution in [2.24, 2.45) is 0 Å². The van der Waals surface area contributed by atoms with E-state index in [9.17, 15) is 20.1 Å². The number of carboxylic acids is 1. The molecule has 2 atom stereocenters. The van der Waals surface area contributed by atoms with Crippen molar-refractivity contribution >= 4 is 12.0 Å². The lowest BCUT2D eigenvalue weighted by atomic mass is 9.96. The van der Waals surface area contributed by atoms with Gasteiger partial charge in [-0.2, -0.15) is 0 Å². The van der Waals surface area contributed by atoms with E-state index in [0.29, 0.717) is 30.7 Å². The van der Waals surface area contributed by atoms with Gasteiger partial charge in [0.25, 0.3) is 0 Å². The monoisotopic (exact) mass is 538 g/mol. The van der Waals surface area contributed by atoms with Crippen LogP contribution in [0.25, 0.3) is 6.08 Å². The van der Waals surface area contributed by atoms with Crippen LogP contribution in [0, 0.1) is 0 Å². The first-order valence-electron chi connectivity index (χ1n) is 13.6. The zero-order valence-corrected chi connectivity index (χ0v) is 22.2. The SMILES string of the molecule is O=C(O)C1(NC(O)c2cccc(/C=C/Cn3cccc3C(O)c3ccc(Oc4ccccc4)cc3)c2)CCCC1. The largest absolute Gasteiger partial charge is 0.480 e. The summed E-state index contributed by atoms with van der Waals surface area (Å²) in [4.78, 5) is 11.8. The third-order valence-corrected chi connectivity index (χ3v) is 7.44. The second-order valence-corrected chi connectivity index (χ2v) is 10.2. The lowest BCUT2D eigenvalue weighted by Gasteiger charge is -2.29. The van der Waals surface area contributed by atoms with Crippen molar-refractivity contribution in [1.82, 2.24) is 9.88 Å². The zero-order valence-electron chi connectivity index (χ0n) is 22.2. The molecule has 7 heteroatoms. The highest BCUT2D eigenvalue weighted by Gasteiger charge is 2.42. The lowest BCUT2D eigenvalue weighted by molar-refractivity contribution is -0.146. The summed E-state index contributed by atoms with van der Waals surface area (Å²) < 4.78 is 7.83. The number of allylic oxidation sites excluding steroid dienone is 1. The topological polar surface area (TPSA) is 104 Å². The standard InChI is InChI=1S/C33H34N2O5/c36-30(25-15-17-28(18-16-25)40-27-12-2-1-3-13-27)29-14-8-22-35(29)21-7-10-24-9-6-11-26(23-24)31(37)34-33(32(38)39)19-4-5-20-33/h1-3,6-18,22-23,30-31,34,36-37H,4-5,19-21H2,(H,38,39)/b10-7+. The number of nitrogens with one attached hydrogen (secondary N) is 1. The van der Waals surface area contributed by atoms with Crippen LogP contribution in [0.4, 0.5) is 0 Å². The van der Waals surface area contributed by atoms with Crippen molar-refractivity contribution in [3.63, 3.8) is 0 Å². The molecule has 1 aliphatic carbocycles. The molecule has 7 nitrogen and oxygen atoms in total. The van der Waals surface area contributed by atoms with Gasteiger partial charge in [-0.15, -0.1) is 0 Å². The molecule has 0 aliphatic heterocycles. The molecule has 1 aromatic heterocycles. The van der Waals surface area contributed by atoms with Gasteiger partial charge in [-0.05, 0) is 72.0 Å². The predicted octanol–water partition coefficient (Wildman–Crippen LogP) is 6.05. The van der Waals surface area contributed by atoms with Crippen molar-refractivity contribution < 1.29 is 24.9 Å². The van der Waals surface area contributed by atoms with Crippen LogP contribution in [0.5, 0.6) is 11.5 Å². The molecule has 206 valence electrons. The Bertz CT molecular complexity index is 1440. The molecule has 0 spiro atoms. The van der Waals surface area contributed by atoms with Gasteiger partial charge in [0.05, 0.1) is 5.69 Å². The Balaban J connectivity index is 1.22. The zero-order chi connectivity index (χ0) is 28.0. The number of benzene rings is 3. The predicted molar refractivity (Wildman–Crippen MR) is 154 cm³/mol.